The SMILES string of the molecule is N#CC1CC(F)(F)CN1C(=O)CNC(=O)c1ccncc1/C=C/c1ccc(C(F)(F)F)cc1. The van der Waals surface area contributed by atoms with E-state index in [2.05, 4.69) is 10.3 Å². The summed E-state index contributed by atoms with van der Waals surface area (Å²) < 4.78 is 65.0. The maximum atomic E-state index is 13.5. The number of rotatable bonds is 5. The van der Waals surface area contributed by atoms with Gasteiger partial charge in [-0.15, -0.1) is 0 Å². The predicted molar refractivity (Wildman–Crippen MR) is 108 cm³/mol. The smallest absolute Gasteiger partial charge is 0.343 e. The zero-order valence-corrected chi connectivity index (χ0v) is 16.9. The maximum Gasteiger partial charge on any atom is 0.416 e. The first-order valence-corrected chi connectivity index (χ1v) is 9.65. The molecule has 2 aromatic rings. The summed E-state index contributed by atoms with van der Waals surface area (Å²) in [5.74, 6) is -4.67. The number of amides is 2. The van der Waals surface area contributed by atoms with Gasteiger partial charge in [-0.25, -0.2) is 8.78 Å². The molecule has 1 aliphatic rings. The van der Waals surface area contributed by atoms with Crippen LogP contribution in [0.4, 0.5) is 22.0 Å². The highest BCUT2D eigenvalue weighted by molar-refractivity contribution is 6.00. The molecule has 1 unspecified atom stereocenters. The Morgan fingerprint density at radius 2 is 1.91 bits per heavy atom. The summed E-state index contributed by atoms with van der Waals surface area (Å²) in [5.41, 5.74) is 0.0977. The van der Waals surface area contributed by atoms with E-state index in [0.29, 0.717) is 11.1 Å². The van der Waals surface area contributed by atoms with Crippen LogP contribution in [0.15, 0.2) is 42.7 Å². The molecule has 3 rings (SSSR count). The van der Waals surface area contributed by atoms with Crippen molar-refractivity contribution in [2.75, 3.05) is 13.1 Å². The zero-order valence-electron chi connectivity index (χ0n) is 16.9. The van der Waals surface area contributed by atoms with Gasteiger partial charge in [0.05, 0.1) is 24.7 Å². The number of likely N-dealkylation sites (tertiary alicyclic amines) is 1. The van der Waals surface area contributed by atoms with E-state index in [1.54, 1.807) is 6.07 Å². The van der Waals surface area contributed by atoms with Gasteiger partial charge in [-0.2, -0.15) is 18.4 Å². The highest BCUT2D eigenvalue weighted by atomic mass is 19.4. The third-order valence-corrected chi connectivity index (χ3v) is 4.93. The number of nitrogens with one attached hydrogen (secondary N) is 1. The Bertz CT molecular complexity index is 1110. The molecule has 0 bridgehead atoms. The molecule has 11 heteroatoms. The Kier molecular flexibility index (Phi) is 6.76. The van der Waals surface area contributed by atoms with Gasteiger partial charge in [0.25, 0.3) is 11.8 Å². The number of pyridine rings is 1. The van der Waals surface area contributed by atoms with Gasteiger partial charge in [-0.05, 0) is 23.8 Å². The van der Waals surface area contributed by atoms with Gasteiger partial charge in [0.1, 0.15) is 6.04 Å². The zero-order chi connectivity index (χ0) is 24.2. The van der Waals surface area contributed by atoms with Gasteiger partial charge < -0.3 is 10.2 Å². The summed E-state index contributed by atoms with van der Waals surface area (Å²) in [5, 5.41) is 11.3. The number of carbonyl (C=O) groups is 2. The molecule has 1 aromatic carbocycles. The number of hydrogen-bond acceptors (Lipinski definition) is 4. The second-order valence-electron chi connectivity index (χ2n) is 7.33. The first-order chi connectivity index (χ1) is 15.5. The second kappa shape index (κ2) is 9.36. The summed E-state index contributed by atoms with van der Waals surface area (Å²) in [6.45, 7) is -1.48. The van der Waals surface area contributed by atoms with E-state index in [-0.39, 0.29) is 5.56 Å². The van der Waals surface area contributed by atoms with E-state index in [9.17, 15) is 31.5 Å². The lowest BCUT2D eigenvalue weighted by atomic mass is 10.1. The van der Waals surface area contributed by atoms with E-state index < -0.39 is 55.0 Å². The minimum absolute atomic E-state index is 0.115. The molecule has 0 aliphatic carbocycles. The minimum atomic E-state index is -4.45. The van der Waals surface area contributed by atoms with Crippen molar-refractivity contribution in [2.45, 2.75) is 24.6 Å². The number of halogens is 5. The normalized spacial score (nSPS) is 17.7. The van der Waals surface area contributed by atoms with Crippen LogP contribution < -0.4 is 5.32 Å². The molecule has 33 heavy (non-hydrogen) atoms. The van der Waals surface area contributed by atoms with E-state index in [1.807, 2.05) is 0 Å². The number of nitriles is 1. The third kappa shape index (κ3) is 5.91. The number of carbonyl (C=O) groups excluding carboxylic acids is 2. The fourth-order valence-electron chi connectivity index (χ4n) is 3.26. The van der Waals surface area contributed by atoms with E-state index in [0.717, 1.165) is 17.0 Å². The summed E-state index contributed by atoms with van der Waals surface area (Å²) in [6, 6.07) is 6.15. The molecule has 2 heterocycles. The van der Waals surface area contributed by atoms with Crippen molar-refractivity contribution in [3.8, 4) is 6.07 Å². The van der Waals surface area contributed by atoms with Crippen LogP contribution in [0.5, 0.6) is 0 Å². The lowest BCUT2D eigenvalue weighted by molar-refractivity contribution is -0.137. The van der Waals surface area contributed by atoms with Crippen LogP contribution >= 0.6 is 0 Å². The molecule has 0 saturated carbocycles. The Morgan fingerprint density at radius 3 is 2.55 bits per heavy atom. The number of alkyl halides is 5. The molecule has 1 atom stereocenters. The Labute approximate surface area is 185 Å². The molecule has 1 aliphatic heterocycles. The number of hydrogen-bond donors (Lipinski definition) is 1. The molecule has 1 saturated heterocycles. The van der Waals surface area contributed by atoms with Crippen LogP contribution in [0.3, 0.4) is 0 Å². The van der Waals surface area contributed by atoms with Gasteiger partial charge in [0.2, 0.25) is 5.91 Å². The van der Waals surface area contributed by atoms with E-state index >= 15 is 0 Å². The molecule has 1 aromatic heterocycles. The first-order valence-electron chi connectivity index (χ1n) is 9.65. The molecular formula is C22H17F5N4O2. The van der Waals surface area contributed by atoms with Gasteiger partial charge in [0.15, 0.2) is 0 Å². The summed E-state index contributed by atoms with van der Waals surface area (Å²) in [6.07, 6.45) is 0.434. The fraction of sp³-hybridized carbons (Fsp3) is 0.273. The van der Waals surface area contributed by atoms with Crippen LogP contribution in [0.25, 0.3) is 12.2 Å². The molecule has 1 N–H and O–H groups in total. The lowest BCUT2D eigenvalue weighted by Gasteiger charge is -2.19. The minimum Gasteiger partial charge on any atom is -0.343 e. The van der Waals surface area contributed by atoms with Crippen molar-refractivity contribution >= 4 is 24.0 Å². The molecule has 2 amide bonds. The average Bonchev–Trinajstić information content (AvgIpc) is 3.10. The lowest BCUT2D eigenvalue weighted by Crippen LogP contribution is -2.43. The highest BCUT2D eigenvalue weighted by Crippen LogP contribution is 2.31. The highest BCUT2D eigenvalue weighted by Gasteiger charge is 2.47. The molecule has 0 spiro atoms. The maximum absolute atomic E-state index is 13.5. The van der Waals surface area contributed by atoms with Crippen LogP contribution in [-0.4, -0.2) is 46.8 Å². The van der Waals surface area contributed by atoms with E-state index in [4.69, 9.17) is 5.26 Å². The third-order valence-electron chi connectivity index (χ3n) is 4.93. The average molecular weight is 464 g/mol. The van der Waals surface area contributed by atoms with Crippen LogP contribution in [0, 0.1) is 11.3 Å². The van der Waals surface area contributed by atoms with Gasteiger partial charge in [0, 0.05) is 29.9 Å². The van der Waals surface area contributed by atoms with Crippen molar-refractivity contribution < 1.29 is 31.5 Å². The van der Waals surface area contributed by atoms with Gasteiger partial charge in [-0.3, -0.25) is 14.6 Å². The topological polar surface area (TPSA) is 86.1 Å². The van der Waals surface area contributed by atoms with Crippen LogP contribution in [-0.2, 0) is 11.0 Å². The van der Waals surface area contributed by atoms with Crippen LogP contribution in [0.1, 0.15) is 33.5 Å². The van der Waals surface area contributed by atoms with Crippen molar-refractivity contribution in [2.24, 2.45) is 0 Å². The molecule has 172 valence electrons. The quantitative estimate of drug-likeness (QED) is 0.683. The van der Waals surface area contributed by atoms with Crippen molar-refractivity contribution in [3.63, 3.8) is 0 Å². The first kappa shape index (κ1) is 23.8. The number of aromatic nitrogens is 1. The summed E-state index contributed by atoms with van der Waals surface area (Å²) >= 11 is 0. The van der Waals surface area contributed by atoms with Gasteiger partial charge in [-0.1, -0.05) is 24.3 Å². The van der Waals surface area contributed by atoms with Crippen LogP contribution in [0.2, 0.25) is 0 Å². The van der Waals surface area contributed by atoms with E-state index in [1.165, 1.54) is 42.7 Å². The predicted octanol–water partition coefficient (Wildman–Crippen LogP) is 3.76. The molecule has 1 fully saturated rings. The monoisotopic (exact) mass is 464 g/mol. The standard InChI is InChI=1S/C22H17F5N4O2/c23-21(24)9-17(10-28)31(13-21)19(32)12-30-20(33)18-7-8-29-11-15(18)4-1-14-2-5-16(6-3-14)22(25,26)27/h1-8,11,17H,9,12-13H2,(H,30,33)/b4-1+. The largest absolute Gasteiger partial charge is 0.416 e. The second-order valence-corrected chi connectivity index (χ2v) is 7.33. The van der Waals surface area contributed by atoms with Crippen molar-refractivity contribution in [3.05, 3.63) is 65.0 Å². The molecule has 6 nitrogen and oxygen atoms in total. The number of nitrogens with zero attached hydrogens (tertiary/aromatic N) is 3. The van der Waals surface area contributed by atoms with Crippen molar-refractivity contribution in [1.82, 2.24) is 15.2 Å². The summed E-state index contributed by atoms with van der Waals surface area (Å²) in [4.78, 5) is 29.4. The number of benzene rings is 1. The summed E-state index contributed by atoms with van der Waals surface area (Å²) in [7, 11) is 0. The molecular weight excluding hydrogens is 447 g/mol. The Hall–Kier alpha value is -3.81. The Balaban J connectivity index is 1.67. The van der Waals surface area contributed by atoms with Crippen molar-refractivity contribution in [1.29, 1.82) is 5.26 Å². The Morgan fingerprint density at radius 1 is 1.21 bits per heavy atom. The van der Waals surface area contributed by atoms with Gasteiger partial charge >= 0.3 is 6.18 Å². The molecule has 0 radical (unpaired) electrons. The fourth-order valence-corrected chi connectivity index (χ4v) is 3.26.